The van der Waals surface area contributed by atoms with Crippen molar-refractivity contribution >= 4 is 15.8 Å². The fourth-order valence-corrected chi connectivity index (χ4v) is 3.73. The van der Waals surface area contributed by atoms with Crippen LogP contribution in [0.25, 0.3) is 0 Å². The van der Waals surface area contributed by atoms with Crippen LogP contribution in [0.5, 0.6) is 0 Å². The van der Waals surface area contributed by atoms with E-state index < -0.39 is 10.0 Å². The summed E-state index contributed by atoms with van der Waals surface area (Å²) >= 11 is 0. The molecular formula is C18H21NO3S. The summed E-state index contributed by atoms with van der Waals surface area (Å²) in [7, 11) is -3.66. The van der Waals surface area contributed by atoms with Gasteiger partial charge >= 0.3 is 0 Å². The van der Waals surface area contributed by atoms with E-state index in [2.05, 4.69) is 4.72 Å². The summed E-state index contributed by atoms with van der Waals surface area (Å²) in [4.78, 5) is 11.4. The Balaban J connectivity index is 2.29. The first-order valence-corrected chi connectivity index (χ1v) is 8.98. The first kappa shape index (κ1) is 17.4. The van der Waals surface area contributed by atoms with E-state index in [0.29, 0.717) is 5.56 Å². The van der Waals surface area contributed by atoms with Gasteiger partial charge < -0.3 is 0 Å². The minimum Gasteiger partial charge on any atom is -0.295 e. The summed E-state index contributed by atoms with van der Waals surface area (Å²) in [5, 5.41) is 0. The van der Waals surface area contributed by atoms with Crippen LogP contribution < -0.4 is 4.72 Å². The van der Waals surface area contributed by atoms with Crippen LogP contribution in [0.2, 0.25) is 0 Å². The second kappa shape index (κ2) is 7.06. The maximum atomic E-state index is 12.6. The van der Waals surface area contributed by atoms with Gasteiger partial charge in [-0.3, -0.25) is 4.79 Å². The lowest BCUT2D eigenvalue weighted by Gasteiger charge is -2.22. The number of ketones is 1. The molecule has 1 N–H and O–H groups in total. The normalized spacial score (nSPS) is 13.0. The lowest BCUT2D eigenvalue weighted by atomic mass is 9.97. The molecule has 0 aliphatic carbocycles. The van der Waals surface area contributed by atoms with Gasteiger partial charge in [-0.25, -0.2) is 13.1 Å². The Morgan fingerprint density at radius 3 is 2.00 bits per heavy atom. The lowest BCUT2D eigenvalue weighted by molar-refractivity contribution is 0.101. The van der Waals surface area contributed by atoms with E-state index in [-0.39, 0.29) is 22.6 Å². The van der Waals surface area contributed by atoms with E-state index in [0.717, 1.165) is 5.56 Å². The molecule has 0 spiro atoms. The Labute approximate surface area is 137 Å². The molecule has 0 radical (unpaired) electrons. The first-order chi connectivity index (χ1) is 10.8. The van der Waals surface area contributed by atoms with Gasteiger partial charge in [-0.15, -0.1) is 0 Å². The van der Waals surface area contributed by atoms with Gasteiger partial charge in [0.1, 0.15) is 0 Å². The smallest absolute Gasteiger partial charge is 0.241 e. The summed E-state index contributed by atoms with van der Waals surface area (Å²) in [6.07, 6.45) is 0. The van der Waals surface area contributed by atoms with Gasteiger partial charge in [-0.05, 0) is 30.5 Å². The molecule has 0 bridgehead atoms. The van der Waals surface area contributed by atoms with E-state index in [1.807, 2.05) is 44.2 Å². The maximum absolute atomic E-state index is 12.6. The van der Waals surface area contributed by atoms with Crippen molar-refractivity contribution in [2.45, 2.75) is 31.7 Å². The molecule has 0 saturated heterocycles. The predicted octanol–water partition coefficient (Wildman–Crippen LogP) is 3.56. The van der Waals surface area contributed by atoms with Crippen LogP contribution in [-0.2, 0) is 10.0 Å². The number of nitrogens with one attached hydrogen (secondary N) is 1. The largest absolute Gasteiger partial charge is 0.295 e. The van der Waals surface area contributed by atoms with Crippen molar-refractivity contribution < 1.29 is 13.2 Å². The van der Waals surface area contributed by atoms with Crippen LogP contribution in [0, 0.1) is 5.92 Å². The highest BCUT2D eigenvalue weighted by Crippen LogP contribution is 2.24. The maximum Gasteiger partial charge on any atom is 0.241 e. The molecule has 0 saturated carbocycles. The number of carbonyl (C=O) groups excluding carboxylic acids is 1. The van der Waals surface area contributed by atoms with Gasteiger partial charge in [0.05, 0.1) is 4.90 Å². The molecule has 4 nitrogen and oxygen atoms in total. The summed E-state index contributed by atoms with van der Waals surface area (Å²) < 4.78 is 28.0. The number of sulfonamides is 1. The Morgan fingerprint density at radius 2 is 1.52 bits per heavy atom. The minimum atomic E-state index is -3.66. The Kier molecular flexibility index (Phi) is 5.34. The molecule has 0 heterocycles. The lowest BCUT2D eigenvalue weighted by Crippen LogP contribution is -2.31. The third-order valence-electron chi connectivity index (χ3n) is 3.68. The van der Waals surface area contributed by atoms with E-state index in [4.69, 9.17) is 0 Å². The van der Waals surface area contributed by atoms with Crippen LogP contribution in [0.3, 0.4) is 0 Å². The SMILES string of the molecule is CC(=O)c1ccc(S(=O)(=O)N[C@@H](c2ccccc2)C(C)C)cc1. The molecule has 5 heteroatoms. The second-order valence-corrected chi connectivity index (χ2v) is 7.55. The zero-order valence-corrected chi connectivity index (χ0v) is 14.3. The molecule has 0 aliphatic heterocycles. The van der Waals surface area contributed by atoms with Crippen LogP contribution in [0.1, 0.15) is 42.7 Å². The average Bonchev–Trinajstić information content (AvgIpc) is 2.53. The molecule has 2 aromatic rings. The van der Waals surface area contributed by atoms with Crippen molar-refractivity contribution in [3.63, 3.8) is 0 Å². The van der Waals surface area contributed by atoms with Crippen molar-refractivity contribution in [3.05, 3.63) is 65.7 Å². The van der Waals surface area contributed by atoms with Gasteiger partial charge in [0, 0.05) is 11.6 Å². The zero-order chi connectivity index (χ0) is 17.0. The van der Waals surface area contributed by atoms with Crippen LogP contribution in [-0.4, -0.2) is 14.2 Å². The molecule has 23 heavy (non-hydrogen) atoms. The van der Waals surface area contributed by atoms with Crippen molar-refractivity contribution in [2.24, 2.45) is 5.92 Å². The molecule has 0 fully saturated rings. The molecule has 0 amide bonds. The zero-order valence-electron chi connectivity index (χ0n) is 13.5. The molecular weight excluding hydrogens is 310 g/mol. The second-order valence-electron chi connectivity index (χ2n) is 5.83. The van der Waals surface area contributed by atoms with E-state index in [9.17, 15) is 13.2 Å². The van der Waals surface area contributed by atoms with Gasteiger partial charge in [-0.2, -0.15) is 0 Å². The molecule has 0 aromatic heterocycles. The Hall–Kier alpha value is -1.98. The molecule has 2 rings (SSSR count). The number of rotatable bonds is 6. The van der Waals surface area contributed by atoms with Gasteiger partial charge in [-0.1, -0.05) is 56.3 Å². The van der Waals surface area contributed by atoms with Crippen LogP contribution in [0.4, 0.5) is 0 Å². The van der Waals surface area contributed by atoms with Gasteiger partial charge in [0.25, 0.3) is 0 Å². The van der Waals surface area contributed by atoms with Gasteiger partial charge in [0.15, 0.2) is 5.78 Å². The quantitative estimate of drug-likeness (QED) is 0.823. The summed E-state index contributed by atoms with van der Waals surface area (Å²) in [5.74, 6) is 0.00918. The molecule has 1 atom stereocenters. The molecule has 122 valence electrons. The van der Waals surface area contributed by atoms with Crippen LogP contribution >= 0.6 is 0 Å². The highest BCUT2D eigenvalue weighted by atomic mass is 32.2. The van der Waals surface area contributed by atoms with Crippen molar-refractivity contribution in [3.8, 4) is 0 Å². The summed E-state index contributed by atoms with van der Waals surface area (Å²) in [6.45, 7) is 5.39. The van der Waals surface area contributed by atoms with Crippen molar-refractivity contribution in [2.75, 3.05) is 0 Å². The fraction of sp³-hybridized carbons (Fsp3) is 0.278. The monoisotopic (exact) mass is 331 g/mol. The van der Waals surface area contributed by atoms with E-state index in [1.54, 1.807) is 0 Å². The first-order valence-electron chi connectivity index (χ1n) is 7.49. The molecule has 2 aromatic carbocycles. The van der Waals surface area contributed by atoms with E-state index >= 15 is 0 Å². The predicted molar refractivity (Wildman–Crippen MR) is 90.8 cm³/mol. The topological polar surface area (TPSA) is 63.2 Å². The third kappa shape index (κ3) is 4.27. The third-order valence-corrected chi connectivity index (χ3v) is 5.14. The number of carbonyl (C=O) groups is 1. The minimum absolute atomic E-state index is 0.0914. The number of benzene rings is 2. The number of hydrogen-bond donors (Lipinski definition) is 1. The average molecular weight is 331 g/mol. The molecule has 0 aliphatic rings. The summed E-state index contributed by atoms with van der Waals surface area (Å²) in [5.41, 5.74) is 1.42. The number of Topliss-reactive ketones (excluding diaryl/α,β-unsaturated/α-hetero) is 1. The fourth-order valence-electron chi connectivity index (χ4n) is 2.35. The highest BCUT2D eigenvalue weighted by Gasteiger charge is 2.23. The highest BCUT2D eigenvalue weighted by molar-refractivity contribution is 7.89. The standard InChI is InChI=1S/C18H21NO3S/c1-13(2)18(16-7-5-4-6-8-16)19-23(21,22)17-11-9-15(10-12-17)14(3)20/h4-13,18-19H,1-3H3/t18-/m1/s1. The Bertz CT molecular complexity index is 766. The van der Waals surface area contributed by atoms with E-state index in [1.165, 1.54) is 31.2 Å². The number of hydrogen-bond acceptors (Lipinski definition) is 3. The Morgan fingerprint density at radius 1 is 0.957 bits per heavy atom. The molecule has 0 unspecified atom stereocenters. The van der Waals surface area contributed by atoms with Crippen molar-refractivity contribution in [1.29, 1.82) is 0 Å². The van der Waals surface area contributed by atoms with Crippen molar-refractivity contribution in [1.82, 2.24) is 4.72 Å². The summed E-state index contributed by atoms with van der Waals surface area (Å²) in [6, 6.07) is 15.2. The van der Waals surface area contributed by atoms with Crippen LogP contribution in [0.15, 0.2) is 59.5 Å². The van der Waals surface area contributed by atoms with Gasteiger partial charge in [0.2, 0.25) is 10.0 Å².